The van der Waals surface area contributed by atoms with Gasteiger partial charge in [-0.1, -0.05) is 6.07 Å². The van der Waals surface area contributed by atoms with E-state index in [0.29, 0.717) is 40.0 Å². The van der Waals surface area contributed by atoms with Crippen LogP contribution in [0.5, 0.6) is 5.75 Å². The van der Waals surface area contributed by atoms with Crippen molar-refractivity contribution in [2.75, 3.05) is 18.2 Å². The number of nitrogens with one attached hydrogen (secondary N) is 1. The highest BCUT2D eigenvalue weighted by Crippen LogP contribution is 2.35. The van der Waals surface area contributed by atoms with Gasteiger partial charge in [0.05, 0.1) is 29.0 Å². The molecule has 10 heteroatoms. The first-order valence-corrected chi connectivity index (χ1v) is 12.0. The van der Waals surface area contributed by atoms with Crippen LogP contribution >= 0.6 is 11.8 Å². The molecule has 4 heterocycles. The first-order chi connectivity index (χ1) is 15.9. The molecule has 4 atom stereocenters. The standard InChI is InChI=1S/C23H24F2N6OS/c1-31(18-8-13-4-6-17(28-13)22(18)25)20-11-27-23(30-29-20)14-5-3-12(7-19(14)32)15-9-21(33-2)26-10-16(15)24/h3,5,7,9-11,13,17-18,22,28,32H,4,6,8H2,1-2H3/t13-,17+,18-,22+/m0/s1. The summed E-state index contributed by atoms with van der Waals surface area (Å²) in [4.78, 5) is 10.2. The van der Waals surface area contributed by atoms with Gasteiger partial charge in [0.15, 0.2) is 11.6 Å². The fourth-order valence-corrected chi connectivity index (χ4v) is 5.11. The number of alkyl halides is 1. The Morgan fingerprint density at radius 2 is 1.97 bits per heavy atom. The van der Waals surface area contributed by atoms with Crippen molar-refractivity contribution >= 4 is 17.6 Å². The van der Waals surface area contributed by atoms with E-state index in [9.17, 15) is 13.9 Å². The molecule has 0 saturated carbocycles. The van der Waals surface area contributed by atoms with Crippen LogP contribution in [0.2, 0.25) is 0 Å². The molecule has 2 bridgehead atoms. The summed E-state index contributed by atoms with van der Waals surface area (Å²) < 4.78 is 29.2. The Kier molecular flexibility index (Phi) is 5.88. The number of hydrogen-bond donors (Lipinski definition) is 2. The molecule has 0 radical (unpaired) electrons. The first kappa shape index (κ1) is 22.0. The second kappa shape index (κ2) is 8.83. The number of rotatable bonds is 5. The molecule has 33 heavy (non-hydrogen) atoms. The van der Waals surface area contributed by atoms with E-state index in [0.717, 1.165) is 12.8 Å². The quantitative estimate of drug-likeness (QED) is 0.544. The molecule has 0 unspecified atom stereocenters. The second-order valence-electron chi connectivity index (χ2n) is 8.48. The van der Waals surface area contributed by atoms with E-state index < -0.39 is 12.0 Å². The number of pyridine rings is 1. The maximum Gasteiger partial charge on any atom is 0.185 e. The number of fused-ring (bicyclic) bond motifs is 2. The SMILES string of the molecule is CSc1cc(-c2ccc(-c3ncc(N(C)[C@H]4C[C@@H]5CC[C@@H](N5)[C@H]4F)nn3)c(O)c2)c(F)cn1. The number of piperidine rings is 1. The van der Waals surface area contributed by atoms with E-state index in [4.69, 9.17) is 0 Å². The van der Waals surface area contributed by atoms with Gasteiger partial charge in [-0.2, -0.15) is 0 Å². The summed E-state index contributed by atoms with van der Waals surface area (Å²) >= 11 is 1.41. The number of aromatic hydroxyl groups is 1. The fourth-order valence-electron chi connectivity index (χ4n) is 4.71. The Morgan fingerprint density at radius 1 is 1.12 bits per heavy atom. The molecule has 0 aliphatic carbocycles. The summed E-state index contributed by atoms with van der Waals surface area (Å²) in [5, 5.41) is 23.0. The third-order valence-electron chi connectivity index (χ3n) is 6.55. The highest BCUT2D eigenvalue weighted by Gasteiger charge is 2.43. The molecule has 2 aromatic heterocycles. The Balaban J connectivity index is 1.37. The van der Waals surface area contributed by atoms with Crippen LogP contribution in [0, 0.1) is 5.82 Å². The number of thioether (sulfide) groups is 1. The molecule has 0 amide bonds. The van der Waals surface area contributed by atoms with Crippen molar-refractivity contribution in [2.45, 2.75) is 48.6 Å². The largest absolute Gasteiger partial charge is 0.507 e. The van der Waals surface area contributed by atoms with Crippen molar-refractivity contribution in [2.24, 2.45) is 0 Å². The third-order valence-corrected chi connectivity index (χ3v) is 7.19. The van der Waals surface area contributed by atoms with Gasteiger partial charge in [0.25, 0.3) is 0 Å². The van der Waals surface area contributed by atoms with Crippen LogP contribution in [0.1, 0.15) is 19.3 Å². The maximum atomic E-state index is 14.9. The lowest BCUT2D eigenvalue weighted by molar-refractivity contribution is 0.176. The van der Waals surface area contributed by atoms with Crippen molar-refractivity contribution in [3.8, 4) is 28.3 Å². The Morgan fingerprint density at radius 3 is 2.70 bits per heavy atom. The van der Waals surface area contributed by atoms with Crippen LogP contribution in [0.25, 0.3) is 22.5 Å². The average molecular weight is 471 g/mol. The zero-order chi connectivity index (χ0) is 23.1. The molecular formula is C23H24F2N6OS. The van der Waals surface area contributed by atoms with E-state index in [1.54, 1.807) is 29.3 Å². The zero-order valence-corrected chi connectivity index (χ0v) is 19.1. The van der Waals surface area contributed by atoms with Crippen molar-refractivity contribution in [1.29, 1.82) is 0 Å². The predicted molar refractivity (Wildman–Crippen MR) is 124 cm³/mol. The highest BCUT2D eigenvalue weighted by atomic mass is 32.2. The lowest BCUT2D eigenvalue weighted by Gasteiger charge is -2.38. The van der Waals surface area contributed by atoms with Gasteiger partial charge in [-0.3, -0.25) is 0 Å². The Bertz CT molecular complexity index is 1160. The summed E-state index contributed by atoms with van der Waals surface area (Å²) in [6.45, 7) is 0. The smallest absolute Gasteiger partial charge is 0.185 e. The molecule has 2 aliphatic heterocycles. The number of phenols is 1. The zero-order valence-electron chi connectivity index (χ0n) is 18.2. The highest BCUT2D eigenvalue weighted by molar-refractivity contribution is 7.98. The molecule has 3 aromatic rings. The van der Waals surface area contributed by atoms with Gasteiger partial charge < -0.3 is 15.3 Å². The minimum atomic E-state index is -0.980. The number of aromatic nitrogens is 4. The molecule has 0 spiro atoms. The van der Waals surface area contributed by atoms with Gasteiger partial charge in [-0.05, 0) is 49.3 Å². The average Bonchev–Trinajstić information content (AvgIpc) is 3.25. The number of nitrogens with zero attached hydrogens (tertiary/aromatic N) is 5. The predicted octanol–water partition coefficient (Wildman–Crippen LogP) is 3.83. The number of hydrogen-bond acceptors (Lipinski definition) is 8. The number of anilines is 1. The summed E-state index contributed by atoms with van der Waals surface area (Å²) in [5.74, 6) is 0.157. The molecule has 1 aromatic carbocycles. The van der Waals surface area contributed by atoms with E-state index >= 15 is 0 Å². The molecule has 172 valence electrons. The molecule has 5 rings (SSSR count). The van der Waals surface area contributed by atoms with E-state index in [1.165, 1.54) is 24.0 Å². The number of phenolic OH excluding ortho intramolecular Hbond substituents is 1. The minimum Gasteiger partial charge on any atom is -0.507 e. The third kappa shape index (κ3) is 4.13. The van der Waals surface area contributed by atoms with Gasteiger partial charge >= 0.3 is 0 Å². The molecule has 2 aliphatic rings. The molecule has 7 nitrogen and oxygen atoms in total. The molecule has 2 N–H and O–H groups in total. The van der Waals surface area contributed by atoms with Crippen molar-refractivity contribution in [3.63, 3.8) is 0 Å². The number of benzene rings is 1. The van der Waals surface area contributed by atoms with Crippen molar-refractivity contribution in [1.82, 2.24) is 25.5 Å². The van der Waals surface area contributed by atoms with Crippen molar-refractivity contribution in [3.05, 3.63) is 42.5 Å². The van der Waals surface area contributed by atoms with Crippen LogP contribution in [-0.2, 0) is 0 Å². The Labute approximate surface area is 194 Å². The van der Waals surface area contributed by atoms with Gasteiger partial charge in [0.1, 0.15) is 17.7 Å². The van der Waals surface area contributed by atoms with Crippen LogP contribution in [0.3, 0.4) is 0 Å². The number of halogens is 2. The monoisotopic (exact) mass is 470 g/mol. The van der Waals surface area contributed by atoms with Crippen LogP contribution in [-0.4, -0.2) is 62.9 Å². The van der Waals surface area contributed by atoms with Gasteiger partial charge in [-0.15, -0.1) is 22.0 Å². The summed E-state index contributed by atoms with van der Waals surface area (Å²) in [6, 6.07) is 6.39. The normalized spacial score (nSPS) is 24.1. The second-order valence-corrected chi connectivity index (χ2v) is 9.31. The van der Waals surface area contributed by atoms with Gasteiger partial charge in [0.2, 0.25) is 0 Å². The lowest BCUT2D eigenvalue weighted by Crippen LogP contribution is -2.55. The Hall–Kier alpha value is -2.85. The molecule has 2 saturated heterocycles. The van der Waals surface area contributed by atoms with Crippen LogP contribution in [0.4, 0.5) is 14.6 Å². The first-order valence-electron chi connectivity index (χ1n) is 10.8. The van der Waals surface area contributed by atoms with Gasteiger partial charge in [-0.25, -0.2) is 18.7 Å². The minimum absolute atomic E-state index is 0.0870. The molecular weight excluding hydrogens is 446 g/mol. The lowest BCUT2D eigenvalue weighted by atomic mass is 9.96. The summed E-state index contributed by atoms with van der Waals surface area (Å²) in [6.07, 6.45) is 6.16. The topological polar surface area (TPSA) is 87.1 Å². The van der Waals surface area contributed by atoms with E-state index in [-0.39, 0.29) is 23.7 Å². The van der Waals surface area contributed by atoms with E-state index in [1.807, 2.05) is 13.3 Å². The van der Waals surface area contributed by atoms with Crippen LogP contribution < -0.4 is 10.2 Å². The molecule has 2 fully saturated rings. The van der Waals surface area contributed by atoms with E-state index in [2.05, 4.69) is 25.5 Å². The van der Waals surface area contributed by atoms with Crippen molar-refractivity contribution < 1.29 is 13.9 Å². The maximum absolute atomic E-state index is 14.9. The van der Waals surface area contributed by atoms with Crippen LogP contribution in [0.15, 0.2) is 41.7 Å². The summed E-state index contributed by atoms with van der Waals surface area (Å²) in [7, 11) is 1.81. The summed E-state index contributed by atoms with van der Waals surface area (Å²) in [5.41, 5.74) is 1.25. The fraction of sp³-hybridized carbons (Fsp3) is 0.391. The van der Waals surface area contributed by atoms with Gasteiger partial charge in [0, 0.05) is 24.7 Å².